The second kappa shape index (κ2) is 13.8. The van der Waals surface area contributed by atoms with Crippen LogP contribution in [0.2, 0.25) is 0 Å². The fraction of sp³-hybridized carbons (Fsp3) is 0.286. The van der Waals surface area contributed by atoms with E-state index in [2.05, 4.69) is 16.8 Å². The molecule has 0 aliphatic carbocycles. The third kappa shape index (κ3) is 6.21. The van der Waals surface area contributed by atoms with Crippen molar-refractivity contribution in [2.24, 2.45) is 4.99 Å². The van der Waals surface area contributed by atoms with E-state index in [1.165, 1.54) is 30.9 Å². The Morgan fingerprint density at radius 2 is 1.75 bits per heavy atom. The number of nitrogens with zero attached hydrogens (tertiary/aromatic N) is 5. The Bertz CT molecular complexity index is 2080. The van der Waals surface area contributed by atoms with Crippen molar-refractivity contribution in [1.82, 2.24) is 9.47 Å². The van der Waals surface area contributed by atoms with E-state index in [0.717, 1.165) is 43.2 Å². The zero-order chi connectivity index (χ0) is 33.9. The summed E-state index contributed by atoms with van der Waals surface area (Å²) in [5, 5.41) is 11.8. The van der Waals surface area contributed by atoms with Gasteiger partial charge in [-0.25, -0.2) is 9.79 Å². The number of esters is 1. The van der Waals surface area contributed by atoms with Gasteiger partial charge in [0.1, 0.15) is 0 Å². The van der Waals surface area contributed by atoms with E-state index < -0.39 is 22.5 Å². The molecule has 48 heavy (non-hydrogen) atoms. The molecular weight excluding hydrogens is 634 g/mol. The molecule has 1 unspecified atom stereocenters. The number of aromatic nitrogens is 1. The smallest absolute Gasteiger partial charge is 0.338 e. The number of nitro groups is 1. The van der Waals surface area contributed by atoms with Crippen molar-refractivity contribution in [3.8, 4) is 11.5 Å². The highest BCUT2D eigenvalue weighted by Gasteiger charge is 2.36. The van der Waals surface area contributed by atoms with Crippen LogP contribution in [0.25, 0.3) is 11.8 Å². The van der Waals surface area contributed by atoms with Crippen LogP contribution in [0.15, 0.2) is 82.1 Å². The van der Waals surface area contributed by atoms with Crippen molar-refractivity contribution in [1.29, 1.82) is 0 Å². The van der Waals surface area contributed by atoms with E-state index in [1.54, 1.807) is 37.3 Å². The van der Waals surface area contributed by atoms with Crippen LogP contribution >= 0.6 is 11.3 Å². The second-order valence-electron chi connectivity index (χ2n) is 11.3. The summed E-state index contributed by atoms with van der Waals surface area (Å²) in [7, 11) is 5.10. The Balaban J connectivity index is 1.62. The van der Waals surface area contributed by atoms with Crippen LogP contribution in [-0.4, -0.2) is 74.4 Å². The number of benzene rings is 3. The molecule has 13 heteroatoms. The zero-order valence-corrected chi connectivity index (χ0v) is 27.9. The van der Waals surface area contributed by atoms with Crippen molar-refractivity contribution in [3.63, 3.8) is 0 Å². The molecule has 1 atom stereocenters. The first-order chi connectivity index (χ1) is 23.2. The molecule has 0 amide bonds. The molecule has 3 heterocycles. The molecule has 0 N–H and O–H groups in total. The summed E-state index contributed by atoms with van der Waals surface area (Å²) in [6.07, 6.45) is 1.69. The molecule has 12 nitrogen and oxygen atoms in total. The highest BCUT2D eigenvalue weighted by atomic mass is 32.1. The average molecular weight is 670 g/mol. The highest BCUT2D eigenvalue weighted by molar-refractivity contribution is 7.07. The average Bonchev–Trinajstić information content (AvgIpc) is 3.41. The van der Waals surface area contributed by atoms with Crippen LogP contribution in [-0.2, 0) is 9.53 Å². The number of nitro benzene ring substituents is 1. The Labute approximate surface area is 280 Å². The van der Waals surface area contributed by atoms with Crippen LogP contribution in [0.5, 0.6) is 11.5 Å². The lowest BCUT2D eigenvalue weighted by molar-refractivity contribution is -0.384. The number of carbonyl (C=O) groups excluding carboxylic acids is 1. The number of fused-ring (bicyclic) bond motifs is 1. The summed E-state index contributed by atoms with van der Waals surface area (Å²) < 4.78 is 18.4. The Morgan fingerprint density at radius 1 is 1.02 bits per heavy atom. The van der Waals surface area contributed by atoms with Crippen molar-refractivity contribution in [2.45, 2.75) is 13.0 Å². The molecule has 0 bridgehead atoms. The molecule has 4 aromatic rings. The number of non-ortho nitro benzene ring substituents is 1. The van der Waals surface area contributed by atoms with Gasteiger partial charge in [-0.15, -0.1) is 0 Å². The monoisotopic (exact) mass is 669 g/mol. The summed E-state index contributed by atoms with van der Waals surface area (Å²) in [4.78, 5) is 49.3. The number of rotatable bonds is 9. The third-order valence-electron chi connectivity index (χ3n) is 8.45. The quantitative estimate of drug-likeness (QED) is 0.149. The van der Waals surface area contributed by atoms with Gasteiger partial charge in [0.15, 0.2) is 16.3 Å². The number of hydrogen-bond donors (Lipinski definition) is 0. The fourth-order valence-corrected chi connectivity index (χ4v) is 7.02. The van der Waals surface area contributed by atoms with Gasteiger partial charge in [0, 0.05) is 55.1 Å². The largest absolute Gasteiger partial charge is 0.493 e. The van der Waals surface area contributed by atoms with Gasteiger partial charge in [0.2, 0.25) is 0 Å². The standard InChI is InChI=1S/C35H35N5O7S/c1-5-47-34(42)30-31(22-9-7-6-8-10-22)36-35-39(32(30)23-11-14-27(45-3)28(20-23)46-4)33(41)29(48-35)21-24-19-25(40(43)44)12-13-26(24)38-17-15-37(2)16-18-38/h6-14,19-21,32H,5,15-18H2,1-4H3/b29-21+. The topological polar surface area (TPSA) is 129 Å². The summed E-state index contributed by atoms with van der Waals surface area (Å²) in [5.74, 6) is 0.304. The SMILES string of the molecule is CCOC(=O)C1=C(c2ccccc2)N=c2s/c(=C/c3cc([N+](=O)[O-])ccc3N3CCN(C)CC3)c(=O)n2C1c1ccc(OC)c(OC)c1. The molecule has 6 rings (SSSR count). The number of hydrogen-bond acceptors (Lipinski definition) is 11. The van der Waals surface area contributed by atoms with Gasteiger partial charge in [0.25, 0.3) is 11.2 Å². The molecule has 248 valence electrons. The summed E-state index contributed by atoms with van der Waals surface area (Å²) >= 11 is 1.16. The minimum absolute atomic E-state index is 0.0777. The van der Waals surface area contributed by atoms with Crippen molar-refractivity contribution < 1.29 is 23.9 Å². The summed E-state index contributed by atoms with van der Waals surface area (Å²) in [5.41, 5.74) is 2.72. The highest BCUT2D eigenvalue weighted by Crippen LogP contribution is 2.38. The normalized spacial score (nSPS) is 16.7. The molecule has 1 aromatic heterocycles. The number of anilines is 1. The minimum Gasteiger partial charge on any atom is -0.493 e. The number of methoxy groups -OCH3 is 2. The number of carbonyl (C=O) groups is 1. The van der Waals surface area contributed by atoms with Gasteiger partial charge in [-0.3, -0.25) is 19.5 Å². The van der Waals surface area contributed by atoms with E-state index in [4.69, 9.17) is 19.2 Å². The lowest BCUT2D eigenvalue weighted by Gasteiger charge is -2.34. The zero-order valence-electron chi connectivity index (χ0n) is 27.0. The lowest BCUT2D eigenvalue weighted by atomic mass is 9.93. The first-order valence-corrected chi connectivity index (χ1v) is 16.3. The van der Waals surface area contributed by atoms with Gasteiger partial charge in [-0.2, -0.15) is 0 Å². The molecule has 0 radical (unpaired) electrons. The van der Waals surface area contributed by atoms with Crippen LogP contribution in [0.3, 0.4) is 0 Å². The number of thiazole rings is 1. The van der Waals surface area contributed by atoms with Gasteiger partial charge in [0.05, 0.1) is 47.6 Å². The predicted molar refractivity (Wildman–Crippen MR) is 183 cm³/mol. The second-order valence-corrected chi connectivity index (χ2v) is 12.3. The molecule has 2 aliphatic heterocycles. The van der Waals surface area contributed by atoms with E-state index in [9.17, 15) is 19.7 Å². The van der Waals surface area contributed by atoms with Crippen LogP contribution in [0.1, 0.15) is 29.7 Å². The van der Waals surface area contributed by atoms with Crippen molar-refractivity contribution in [2.75, 3.05) is 59.0 Å². The predicted octanol–water partition coefficient (Wildman–Crippen LogP) is 3.61. The molecule has 0 saturated carbocycles. The maximum atomic E-state index is 14.5. The first-order valence-electron chi connectivity index (χ1n) is 15.5. The molecule has 0 spiro atoms. The van der Waals surface area contributed by atoms with Crippen LogP contribution in [0, 0.1) is 10.1 Å². The van der Waals surface area contributed by atoms with E-state index in [-0.39, 0.29) is 17.9 Å². The van der Waals surface area contributed by atoms with E-state index >= 15 is 0 Å². The van der Waals surface area contributed by atoms with E-state index in [0.29, 0.717) is 43.2 Å². The number of piperazine rings is 1. The third-order valence-corrected chi connectivity index (χ3v) is 9.43. The molecule has 1 fully saturated rings. The summed E-state index contributed by atoms with van der Waals surface area (Å²) in [6.45, 7) is 4.98. The Morgan fingerprint density at radius 3 is 2.42 bits per heavy atom. The molecular formula is C35H35N5O7S. The van der Waals surface area contributed by atoms with Crippen LogP contribution < -0.4 is 29.3 Å². The summed E-state index contributed by atoms with van der Waals surface area (Å²) in [6, 6.07) is 18.3. The lowest BCUT2D eigenvalue weighted by Crippen LogP contribution is -2.44. The van der Waals surface area contributed by atoms with Gasteiger partial charge >= 0.3 is 5.97 Å². The number of likely N-dealkylation sites (N-methyl/N-ethyl adjacent to an activating group) is 1. The fourth-order valence-electron chi connectivity index (χ4n) is 6.03. The van der Waals surface area contributed by atoms with Crippen LogP contribution in [0.4, 0.5) is 11.4 Å². The maximum absolute atomic E-state index is 14.5. The Hall–Kier alpha value is -5.27. The van der Waals surface area contributed by atoms with Crippen molar-refractivity contribution >= 4 is 40.5 Å². The molecule has 3 aromatic carbocycles. The van der Waals surface area contributed by atoms with Gasteiger partial charge in [-0.05, 0) is 43.8 Å². The number of ether oxygens (including phenoxy) is 3. The molecule has 2 aliphatic rings. The minimum atomic E-state index is -0.931. The first kappa shape index (κ1) is 32.7. The Kier molecular flexibility index (Phi) is 9.42. The van der Waals surface area contributed by atoms with Gasteiger partial charge in [-0.1, -0.05) is 47.7 Å². The van der Waals surface area contributed by atoms with Crippen molar-refractivity contribution in [3.05, 3.63) is 119 Å². The van der Waals surface area contributed by atoms with Gasteiger partial charge < -0.3 is 24.0 Å². The molecule has 1 saturated heterocycles. The maximum Gasteiger partial charge on any atom is 0.338 e. The van der Waals surface area contributed by atoms with E-state index in [1.807, 2.05) is 30.3 Å².